The van der Waals surface area contributed by atoms with E-state index in [1.807, 2.05) is 36.4 Å². The smallest absolute Gasteiger partial charge is 0.176 e. The molecule has 1 unspecified atom stereocenters. The molecule has 5 heteroatoms. The molecule has 0 saturated heterocycles. The zero-order valence-electron chi connectivity index (χ0n) is 12.3. The van der Waals surface area contributed by atoms with Crippen LogP contribution in [0.3, 0.4) is 0 Å². The number of thiophene rings is 1. The molecule has 2 aromatic rings. The number of Topliss-reactive ketones (excluding diaryl/α,β-unsaturated/α-hetero) is 1. The minimum absolute atomic E-state index is 0.109. The highest BCUT2D eigenvalue weighted by molar-refractivity contribution is 7.10. The van der Waals surface area contributed by atoms with Crippen LogP contribution < -0.4 is 4.74 Å². The van der Waals surface area contributed by atoms with E-state index in [4.69, 9.17) is 4.74 Å². The largest absolute Gasteiger partial charge is 0.494 e. The van der Waals surface area contributed by atoms with Crippen LogP contribution in [0, 0.1) is 5.82 Å². The van der Waals surface area contributed by atoms with Gasteiger partial charge in [-0.3, -0.25) is 9.69 Å². The minimum atomic E-state index is -0.516. The molecule has 0 saturated carbocycles. The Bertz CT molecular complexity index is 613. The first-order valence-corrected chi connectivity index (χ1v) is 7.51. The van der Waals surface area contributed by atoms with Crippen molar-refractivity contribution in [2.24, 2.45) is 0 Å². The maximum atomic E-state index is 13.6. The zero-order chi connectivity index (χ0) is 15.4. The lowest BCUT2D eigenvalue weighted by atomic mass is 10.1. The predicted molar refractivity (Wildman–Crippen MR) is 82.6 cm³/mol. The number of hydrogen-bond acceptors (Lipinski definition) is 4. The van der Waals surface area contributed by atoms with Crippen LogP contribution in [0.15, 0.2) is 35.7 Å². The first kappa shape index (κ1) is 15.7. The van der Waals surface area contributed by atoms with E-state index in [2.05, 4.69) is 0 Å². The molecule has 21 heavy (non-hydrogen) atoms. The Hall–Kier alpha value is -1.72. The highest BCUT2D eigenvalue weighted by atomic mass is 32.1. The highest BCUT2D eigenvalue weighted by Gasteiger charge is 2.17. The normalized spacial score (nSPS) is 12.4. The van der Waals surface area contributed by atoms with Gasteiger partial charge in [0.25, 0.3) is 0 Å². The lowest BCUT2D eigenvalue weighted by molar-refractivity contribution is 0.0925. The second-order valence-corrected chi connectivity index (χ2v) is 5.86. The van der Waals surface area contributed by atoms with Crippen LogP contribution in [0.25, 0.3) is 0 Å². The molecule has 0 amide bonds. The van der Waals surface area contributed by atoms with Gasteiger partial charge in [-0.2, -0.15) is 0 Å². The number of benzene rings is 1. The molecule has 1 atom stereocenters. The van der Waals surface area contributed by atoms with Crippen molar-refractivity contribution in [1.82, 2.24) is 4.90 Å². The number of likely N-dealkylation sites (N-methyl/N-ethyl adjacent to an activating group) is 1. The minimum Gasteiger partial charge on any atom is -0.494 e. The molecule has 2 rings (SSSR count). The number of carbonyl (C=O) groups excluding carboxylic acids is 1. The van der Waals surface area contributed by atoms with Gasteiger partial charge in [-0.05, 0) is 43.6 Å². The van der Waals surface area contributed by atoms with Crippen LogP contribution in [0.1, 0.15) is 28.2 Å². The Balaban J connectivity index is 2.05. The summed E-state index contributed by atoms with van der Waals surface area (Å²) < 4.78 is 18.5. The van der Waals surface area contributed by atoms with Crippen molar-refractivity contribution in [1.29, 1.82) is 0 Å². The molecular weight excluding hydrogens is 289 g/mol. The number of nitrogens with zero attached hydrogens (tertiary/aromatic N) is 1. The molecule has 0 N–H and O–H groups in total. The number of ketones is 1. The molecule has 112 valence electrons. The molecule has 1 aromatic carbocycles. The fourth-order valence-electron chi connectivity index (χ4n) is 2.04. The summed E-state index contributed by atoms with van der Waals surface area (Å²) in [5.41, 5.74) is 0.360. The number of rotatable bonds is 6. The van der Waals surface area contributed by atoms with Crippen LogP contribution in [-0.2, 0) is 0 Å². The van der Waals surface area contributed by atoms with Crippen molar-refractivity contribution in [3.63, 3.8) is 0 Å². The quantitative estimate of drug-likeness (QED) is 0.761. The summed E-state index contributed by atoms with van der Waals surface area (Å²) in [4.78, 5) is 15.4. The van der Waals surface area contributed by atoms with E-state index < -0.39 is 5.82 Å². The fraction of sp³-hybridized carbons (Fsp3) is 0.312. The first-order chi connectivity index (χ1) is 10.0. The molecule has 0 spiro atoms. The van der Waals surface area contributed by atoms with Gasteiger partial charge in [0.15, 0.2) is 17.3 Å². The lowest BCUT2D eigenvalue weighted by Gasteiger charge is -2.23. The molecule has 0 aliphatic heterocycles. The maximum Gasteiger partial charge on any atom is 0.176 e. The SMILES string of the molecule is COc1ccc(C(=O)CN(C)C(C)c2cccs2)cc1F. The van der Waals surface area contributed by atoms with Crippen LogP contribution in [-0.4, -0.2) is 31.4 Å². The number of ether oxygens (including phenoxy) is 1. The van der Waals surface area contributed by atoms with Crippen LogP contribution in [0.2, 0.25) is 0 Å². The van der Waals surface area contributed by atoms with Gasteiger partial charge in [0.05, 0.1) is 13.7 Å². The van der Waals surface area contributed by atoms with Crippen LogP contribution in [0.5, 0.6) is 5.75 Å². The van der Waals surface area contributed by atoms with E-state index in [0.29, 0.717) is 5.56 Å². The number of methoxy groups -OCH3 is 1. The molecule has 0 bridgehead atoms. The Morgan fingerprint density at radius 1 is 1.43 bits per heavy atom. The molecule has 1 aromatic heterocycles. The maximum absolute atomic E-state index is 13.6. The first-order valence-electron chi connectivity index (χ1n) is 6.63. The van der Waals surface area contributed by atoms with Gasteiger partial charge in [-0.15, -0.1) is 11.3 Å². The number of carbonyl (C=O) groups is 1. The summed E-state index contributed by atoms with van der Waals surface area (Å²) >= 11 is 1.66. The van der Waals surface area contributed by atoms with E-state index in [9.17, 15) is 9.18 Å². The Morgan fingerprint density at radius 3 is 2.76 bits per heavy atom. The van der Waals surface area contributed by atoms with Gasteiger partial charge in [-0.1, -0.05) is 6.07 Å². The molecule has 0 aliphatic rings. The number of hydrogen-bond donors (Lipinski definition) is 0. The van der Waals surface area contributed by atoms with Gasteiger partial charge in [0.2, 0.25) is 0 Å². The molecule has 3 nitrogen and oxygen atoms in total. The molecule has 0 radical (unpaired) electrons. The van der Waals surface area contributed by atoms with Gasteiger partial charge in [0, 0.05) is 16.5 Å². The van der Waals surface area contributed by atoms with Gasteiger partial charge in [-0.25, -0.2) is 4.39 Å². The van der Waals surface area contributed by atoms with Crippen molar-refractivity contribution < 1.29 is 13.9 Å². The van der Waals surface area contributed by atoms with E-state index in [1.165, 1.54) is 24.1 Å². The molecular formula is C16H18FNO2S. The third kappa shape index (κ3) is 3.68. The van der Waals surface area contributed by atoms with Crippen molar-refractivity contribution in [2.75, 3.05) is 20.7 Å². The van der Waals surface area contributed by atoms with Gasteiger partial charge < -0.3 is 4.74 Å². The highest BCUT2D eigenvalue weighted by Crippen LogP contribution is 2.24. The second-order valence-electron chi connectivity index (χ2n) is 4.88. The topological polar surface area (TPSA) is 29.5 Å². The standard InChI is InChI=1S/C16H18FNO2S/c1-11(16-5-4-8-21-16)18(2)10-14(19)12-6-7-15(20-3)13(17)9-12/h4-9,11H,10H2,1-3H3. The van der Waals surface area contributed by atoms with E-state index in [1.54, 1.807) is 17.4 Å². The third-order valence-corrected chi connectivity index (χ3v) is 4.53. The summed E-state index contributed by atoms with van der Waals surface area (Å²) in [5.74, 6) is -0.480. The lowest BCUT2D eigenvalue weighted by Crippen LogP contribution is -2.28. The van der Waals surface area contributed by atoms with Crippen molar-refractivity contribution in [3.8, 4) is 5.75 Å². The number of halogens is 1. The van der Waals surface area contributed by atoms with Crippen LogP contribution >= 0.6 is 11.3 Å². The summed E-state index contributed by atoms with van der Waals surface area (Å²) in [7, 11) is 3.29. The Kier molecular flexibility index (Phi) is 5.09. The van der Waals surface area contributed by atoms with E-state index in [0.717, 1.165) is 0 Å². The fourth-order valence-corrected chi connectivity index (χ4v) is 2.89. The van der Waals surface area contributed by atoms with E-state index in [-0.39, 0.29) is 24.1 Å². The Morgan fingerprint density at radius 2 is 2.19 bits per heavy atom. The molecule has 1 heterocycles. The predicted octanol–water partition coefficient (Wildman–Crippen LogP) is 3.77. The summed E-state index contributed by atoms with van der Waals surface area (Å²) in [5, 5.41) is 2.01. The zero-order valence-corrected chi connectivity index (χ0v) is 13.1. The third-order valence-electron chi connectivity index (χ3n) is 3.48. The summed E-state index contributed by atoms with van der Waals surface area (Å²) in [6, 6.07) is 8.48. The summed E-state index contributed by atoms with van der Waals surface area (Å²) in [6.45, 7) is 2.29. The monoisotopic (exact) mass is 307 g/mol. The van der Waals surface area contributed by atoms with Crippen molar-refractivity contribution >= 4 is 17.1 Å². The van der Waals surface area contributed by atoms with Crippen molar-refractivity contribution in [3.05, 3.63) is 52.0 Å². The van der Waals surface area contributed by atoms with Crippen molar-refractivity contribution in [2.45, 2.75) is 13.0 Å². The van der Waals surface area contributed by atoms with Gasteiger partial charge >= 0.3 is 0 Å². The molecule has 0 fully saturated rings. The van der Waals surface area contributed by atoms with Gasteiger partial charge in [0.1, 0.15) is 0 Å². The second kappa shape index (κ2) is 6.83. The average Bonchev–Trinajstić information content (AvgIpc) is 3.00. The van der Waals surface area contributed by atoms with E-state index >= 15 is 0 Å². The summed E-state index contributed by atoms with van der Waals surface area (Å²) in [6.07, 6.45) is 0. The molecule has 0 aliphatic carbocycles. The Labute approximate surface area is 128 Å². The average molecular weight is 307 g/mol. The van der Waals surface area contributed by atoms with Crippen LogP contribution in [0.4, 0.5) is 4.39 Å².